The van der Waals surface area contributed by atoms with Crippen LogP contribution in [0.2, 0.25) is 0 Å². The molecule has 0 saturated carbocycles. The Kier molecular flexibility index (Phi) is 5.39. The highest BCUT2D eigenvalue weighted by molar-refractivity contribution is 8.04. The molecule has 4 nitrogen and oxygen atoms in total. The lowest BCUT2D eigenvalue weighted by molar-refractivity contribution is -0.135. The second-order valence-electron chi connectivity index (χ2n) is 3.50. The van der Waals surface area contributed by atoms with Gasteiger partial charge in [0.25, 0.3) is 0 Å². The molecule has 2 atom stereocenters. The topological polar surface area (TPSA) is 55.4 Å². The molecule has 0 fully saturated rings. The van der Waals surface area contributed by atoms with Crippen molar-refractivity contribution in [2.75, 3.05) is 0 Å². The van der Waals surface area contributed by atoms with E-state index >= 15 is 0 Å². The van der Waals surface area contributed by atoms with Crippen LogP contribution in [0.25, 0.3) is 0 Å². The minimum Gasteiger partial charge on any atom is -0.351 e. The zero-order chi connectivity index (χ0) is 11.5. The standard InChI is InChI=1S/C10H10ClNO3S.ClH/c11-16(14)15-10(13)9-5-7-3-1-2-4-8(7)6-12-9;/h1-4,9,12H,5-6H2;1H. The van der Waals surface area contributed by atoms with Crippen LogP contribution in [-0.4, -0.2) is 16.2 Å². The average Bonchev–Trinajstić information content (AvgIpc) is 2.27. The summed E-state index contributed by atoms with van der Waals surface area (Å²) in [6.45, 7) is 0.602. The number of rotatable bonds is 2. The Morgan fingerprint density at radius 3 is 2.71 bits per heavy atom. The fourth-order valence-corrected chi connectivity index (χ4v) is 2.18. The highest BCUT2D eigenvalue weighted by Gasteiger charge is 2.26. The summed E-state index contributed by atoms with van der Waals surface area (Å²) in [6.07, 6.45) is 0.531. The van der Waals surface area contributed by atoms with E-state index in [1.54, 1.807) is 0 Å². The van der Waals surface area contributed by atoms with Crippen LogP contribution >= 0.6 is 23.1 Å². The Labute approximate surface area is 112 Å². The summed E-state index contributed by atoms with van der Waals surface area (Å²) < 4.78 is 15.0. The lowest BCUT2D eigenvalue weighted by Crippen LogP contribution is -2.42. The summed E-state index contributed by atoms with van der Waals surface area (Å²) in [7, 11) is 3.02. The quantitative estimate of drug-likeness (QED) is 0.840. The number of benzene rings is 1. The van der Waals surface area contributed by atoms with Crippen LogP contribution in [0.4, 0.5) is 0 Å². The molecule has 1 aromatic rings. The van der Waals surface area contributed by atoms with Gasteiger partial charge in [-0.3, -0.25) is 5.32 Å². The van der Waals surface area contributed by atoms with E-state index in [-0.39, 0.29) is 12.4 Å². The van der Waals surface area contributed by atoms with E-state index in [4.69, 9.17) is 10.7 Å². The van der Waals surface area contributed by atoms with E-state index in [2.05, 4.69) is 9.50 Å². The van der Waals surface area contributed by atoms with Crippen LogP contribution in [0.3, 0.4) is 0 Å². The van der Waals surface area contributed by atoms with Gasteiger partial charge < -0.3 is 4.18 Å². The van der Waals surface area contributed by atoms with Gasteiger partial charge in [-0.25, -0.2) is 4.79 Å². The monoisotopic (exact) mass is 295 g/mol. The predicted molar refractivity (Wildman–Crippen MR) is 68.1 cm³/mol. The van der Waals surface area contributed by atoms with E-state index in [9.17, 15) is 9.00 Å². The molecule has 0 bridgehead atoms. The molecule has 0 spiro atoms. The van der Waals surface area contributed by atoms with Crippen LogP contribution in [0.5, 0.6) is 0 Å². The van der Waals surface area contributed by atoms with Crippen LogP contribution < -0.4 is 5.32 Å². The van der Waals surface area contributed by atoms with Gasteiger partial charge in [0.05, 0.1) is 0 Å². The van der Waals surface area contributed by atoms with E-state index in [0.717, 1.165) is 5.56 Å². The molecule has 1 heterocycles. The molecule has 0 amide bonds. The van der Waals surface area contributed by atoms with Gasteiger partial charge in [0.1, 0.15) is 6.04 Å². The summed E-state index contributed by atoms with van der Waals surface area (Å²) in [5.41, 5.74) is 2.27. The third-order valence-corrected chi connectivity index (χ3v) is 3.00. The van der Waals surface area contributed by atoms with Crippen molar-refractivity contribution in [3.8, 4) is 0 Å². The third-order valence-electron chi connectivity index (χ3n) is 2.51. The highest BCUT2D eigenvalue weighted by atomic mass is 35.7. The maximum Gasteiger partial charge on any atom is 0.338 e. The molecule has 1 N–H and O–H groups in total. The first kappa shape index (κ1) is 14.4. The van der Waals surface area contributed by atoms with Gasteiger partial charge in [0.2, 0.25) is 0 Å². The van der Waals surface area contributed by atoms with Gasteiger partial charge in [0, 0.05) is 17.2 Å². The van der Waals surface area contributed by atoms with Gasteiger partial charge >= 0.3 is 16.3 Å². The Bertz CT molecular complexity index is 441. The van der Waals surface area contributed by atoms with Gasteiger partial charge in [-0.1, -0.05) is 24.3 Å². The smallest absolute Gasteiger partial charge is 0.338 e. The van der Waals surface area contributed by atoms with Crippen molar-refractivity contribution in [2.24, 2.45) is 0 Å². The van der Waals surface area contributed by atoms with E-state index in [1.165, 1.54) is 5.56 Å². The second kappa shape index (κ2) is 6.35. The van der Waals surface area contributed by atoms with E-state index in [0.29, 0.717) is 13.0 Å². The Balaban J connectivity index is 0.00000144. The first-order valence-corrected chi connectivity index (χ1v) is 6.67. The second-order valence-corrected chi connectivity index (χ2v) is 4.81. The molecular weight excluding hydrogens is 285 g/mol. The zero-order valence-electron chi connectivity index (χ0n) is 8.72. The van der Waals surface area contributed by atoms with E-state index < -0.39 is 22.3 Å². The van der Waals surface area contributed by atoms with E-state index in [1.807, 2.05) is 24.3 Å². The number of halogens is 2. The molecule has 0 aromatic heterocycles. The summed E-state index contributed by atoms with van der Waals surface area (Å²) in [5, 5.41) is 3.01. The number of hydrogen-bond donors (Lipinski definition) is 1. The first-order valence-electron chi connectivity index (χ1n) is 4.77. The number of carbonyl (C=O) groups excluding carboxylic acids is 1. The van der Waals surface area contributed by atoms with Gasteiger partial charge in [-0.05, 0) is 17.5 Å². The van der Waals surface area contributed by atoms with Crippen molar-refractivity contribution in [1.82, 2.24) is 5.32 Å². The maximum atomic E-state index is 11.5. The van der Waals surface area contributed by atoms with Crippen molar-refractivity contribution < 1.29 is 13.2 Å². The molecule has 0 saturated heterocycles. The minimum absolute atomic E-state index is 0. The fraction of sp³-hybridized carbons (Fsp3) is 0.300. The Morgan fingerprint density at radius 1 is 1.41 bits per heavy atom. The average molecular weight is 296 g/mol. The SMILES string of the molecule is Cl.O=C(OS(=O)Cl)C1Cc2ccccc2CN1. The molecule has 1 aliphatic rings. The highest BCUT2D eigenvalue weighted by Crippen LogP contribution is 2.17. The number of nitrogens with one attached hydrogen (secondary N) is 1. The van der Waals surface area contributed by atoms with Crippen LogP contribution in [0.15, 0.2) is 24.3 Å². The third kappa shape index (κ3) is 3.67. The molecular formula is C10H11Cl2NO3S. The molecule has 2 rings (SSSR count). The molecule has 17 heavy (non-hydrogen) atoms. The van der Waals surface area contributed by atoms with Crippen molar-refractivity contribution >= 4 is 39.4 Å². The van der Waals surface area contributed by atoms with Gasteiger partial charge in [-0.2, -0.15) is 4.21 Å². The summed E-state index contributed by atoms with van der Waals surface area (Å²) in [4.78, 5) is 11.5. The van der Waals surface area contributed by atoms with Crippen LogP contribution in [0, 0.1) is 0 Å². The molecule has 0 aliphatic carbocycles. The number of carbonyl (C=O) groups is 1. The summed E-state index contributed by atoms with van der Waals surface area (Å²) in [5.74, 6) is -0.581. The zero-order valence-corrected chi connectivity index (χ0v) is 11.1. The lowest BCUT2D eigenvalue weighted by Gasteiger charge is -2.23. The normalized spacial score (nSPS) is 19.7. The molecule has 2 unspecified atom stereocenters. The maximum absolute atomic E-state index is 11.5. The first-order chi connectivity index (χ1) is 7.66. The number of fused-ring (bicyclic) bond motifs is 1. The van der Waals surface area contributed by atoms with Gasteiger partial charge in [0.15, 0.2) is 0 Å². The van der Waals surface area contributed by atoms with Crippen LogP contribution in [-0.2, 0) is 32.2 Å². The molecule has 0 radical (unpaired) electrons. The summed E-state index contributed by atoms with van der Waals surface area (Å²) in [6, 6.07) is 7.37. The largest absolute Gasteiger partial charge is 0.351 e. The van der Waals surface area contributed by atoms with Crippen LogP contribution in [0.1, 0.15) is 11.1 Å². The molecule has 94 valence electrons. The van der Waals surface area contributed by atoms with Crippen molar-refractivity contribution in [3.05, 3.63) is 35.4 Å². The Hall–Kier alpha value is -0.620. The van der Waals surface area contributed by atoms with Gasteiger partial charge in [-0.15, -0.1) is 12.4 Å². The summed E-state index contributed by atoms with van der Waals surface area (Å²) >= 11 is 0. The lowest BCUT2D eigenvalue weighted by atomic mass is 9.96. The van der Waals surface area contributed by atoms with Crippen molar-refractivity contribution in [3.63, 3.8) is 0 Å². The Morgan fingerprint density at radius 2 is 2.06 bits per heavy atom. The fourth-order valence-electron chi connectivity index (χ4n) is 1.74. The molecule has 7 heteroatoms. The minimum atomic E-state index is -2.07. The van der Waals surface area contributed by atoms with Crippen molar-refractivity contribution in [1.29, 1.82) is 0 Å². The predicted octanol–water partition coefficient (Wildman–Crippen LogP) is 1.48. The van der Waals surface area contributed by atoms with Crippen molar-refractivity contribution in [2.45, 2.75) is 19.0 Å². The molecule has 1 aliphatic heterocycles. The molecule has 1 aromatic carbocycles. The number of hydrogen-bond acceptors (Lipinski definition) is 4.